The number of aryl methyl sites for hydroxylation is 1. The first kappa shape index (κ1) is 24.2. The molecule has 0 amide bonds. The molecule has 1 aromatic rings. The SMILES string of the molecule is Cc1cccc(OCC=O)c1C1CCC(OC[C@@H]2NCC[C@@H]2NS(=O)(=O)C(C)C)CC1. The van der Waals surface area contributed by atoms with Gasteiger partial charge in [-0.15, -0.1) is 0 Å². The molecule has 8 heteroatoms. The number of ether oxygens (including phenoxy) is 2. The molecule has 1 aliphatic carbocycles. The minimum absolute atomic E-state index is 0.00552. The third-order valence-electron chi connectivity index (χ3n) is 6.47. The molecular formula is C23H36N2O5S. The van der Waals surface area contributed by atoms with Crippen LogP contribution in [0.5, 0.6) is 5.75 Å². The van der Waals surface area contributed by atoms with Crippen molar-refractivity contribution in [1.82, 2.24) is 10.0 Å². The van der Waals surface area contributed by atoms with Crippen molar-refractivity contribution in [2.24, 2.45) is 0 Å². The van der Waals surface area contributed by atoms with Gasteiger partial charge in [0.15, 0.2) is 6.29 Å². The summed E-state index contributed by atoms with van der Waals surface area (Å²) in [5, 5.41) is 2.94. The van der Waals surface area contributed by atoms with Crippen molar-refractivity contribution < 1.29 is 22.7 Å². The van der Waals surface area contributed by atoms with Crippen LogP contribution in [0.2, 0.25) is 0 Å². The quantitative estimate of drug-likeness (QED) is 0.530. The zero-order valence-corrected chi connectivity index (χ0v) is 19.6. The summed E-state index contributed by atoms with van der Waals surface area (Å²) >= 11 is 0. The van der Waals surface area contributed by atoms with Gasteiger partial charge in [-0.2, -0.15) is 0 Å². The molecule has 31 heavy (non-hydrogen) atoms. The topological polar surface area (TPSA) is 93.7 Å². The minimum atomic E-state index is -3.29. The zero-order valence-electron chi connectivity index (χ0n) is 18.8. The molecule has 1 saturated carbocycles. The first-order valence-electron chi connectivity index (χ1n) is 11.3. The van der Waals surface area contributed by atoms with Crippen LogP contribution in [0.3, 0.4) is 0 Å². The largest absolute Gasteiger partial charge is 0.486 e. The second-order valence-corrected chi connectivity index (χ2v) is 11.2. The van der Waals surface area contributed by atoms with Gasteiger partial charge in [0.1, 0.15) is 12.4 Å². The highest BCUT2D eigenvalue weighted by molar-refractivity contribution is 7.90. The maximum Gasteiger partial charge on any atom is 0.214 e. The Morgan fingerprint density at radius 2 is 1.94 bits per heavy atom. The molecule has 2 aliphatic rings. The molecule has 1 aromatic carbocycles. The lowest BCUT2D eigenvalue weighted by Crippen LogP contribution is -2.48. The summed E-state index contributed by atoms with van der Waals surface area (Å²) in [5.41, 5.74) is 2.41. The fraction of sp³-hybridized carbons (Fsp3) is 0.696. The number of carbonyl (C=O) groups is 1. The molecule has 7 nitrogen and oxygen atoms in total. The summed E-state index contributed by atoms with van der Waals surface area (Å²) in [6.45, 7) is 6.86. The normalized spacial score (nSPS) is 26.8. The van der Waals surface area contributed by atoms with Crippen LogP contribution in [0, 0.1) is 6.92 Å². The Hall–Kier alpha value is -1.48. The standard InChI is InChI=1S/C23H36N2O5S/c1-16(2)31(27,28)25-20-11-12-24-21(20)15-30-19-9-7-18(8-10-19)23-17(3)5-4-6-22(23)29-14-13-26/h4-6,13,16,18-21,24-25H,7-12,14-15H2,1-3H3/t18?,19?,20-,21-/m0/s1. The summed E-state index contributed by atoms with van der Waals surface area (Å²) in [5.74, 6) is 1.21. The van der Waals surface area contributed by atoms with E-state index in [1.165, 1.54) is 11.1 Å². The average molecular weight is 453 g/mol. The number of nitrogens with one attached hydrogen (secondary N) is 2. The highest BCUT2D eigenvalue weighted by atomic mass is 32.2. The van der Waals surface area contributed by atoms with E-state index in [0.29, 0.717) is 12.5 Å². The number of aldehydes is 1. The molecule has 2 fully saturated rings. The van der Waals surface area contributed by atoms with Crippen molar-refractivity contribution in [2.75, 3.05) is 19.8 Å². The van der Waals surface area contributed by atoms with E-state index in [2.05, 4.69) is 23.0 Å². The van der Waals surface area contributed by atoms with Crippen molar-refractivity contribution >= 4 is 16.3 Å². The molecule has 0 radical (unpaired) electrons. The third-order valence-corrected chi connectivity index (χ3v) is 8.34. The van der Waals surface area contributed by atoms with Gasteiger partial charge in [0.2, 0.25) is 10.0 Å². The summed E-state index contributed by atoms with van der Waals surface area (Å²) in [6, 6.07) is 5.89. The summed E-state index contributed by atoms with van der Waals surface area (Å²) in [6.07, 6.45) is 5.68. The number of rotatable bonds is 10. The van der Waals surface area contributed by atoms with E-state index in [1.54, 1.807) is 13.8 Å². The molecule has 0 unspecified atom stereocenters. The van der Waals surface area contributed by atoms with Gasteiger partial charge in [0, 0.05) is 17.6 Å². The second-order valence-electron chi connectivity index (χ2n) is 8.94. The number of sulfonamides is 1. The molecule has 1 heterocycles. The van der Waals surface area contributed by atoms with Crippen LogP contribution in [0.4, 0.5) is 0 Å². The Morgan fingerprint density at radius 3 is 2.61 bits per heavy atom. The van der Waals surface area contributed by atoms with Crippen LogP contribution < -0.4 is 14.8 Å². The van der Waals surface area contributed by atoms with Gasteiger partial charge in [0.05, 0.1) is 18.0 Å². The van der Waals surface area contributed by atoms with Gasteiger partial charge < -0.3 is 14.8 Å². The number of benzene rings is 1. The lowest BCUT2D eigenvalue weighted by molar-refractivity contribution is -0.109. The maximum atomic E-state index is 12.2. The van der Waals surface area contributed by atoms with E-state index in [-0.39, 0.29) is 24.8 Å². The predicted octanol–water partition coefficient (Wildman–Crippen LogP) is 2.67. The van der Waals surface area contributed by atoms with E-state index in [0.717, 1.165) is 50.7 Å². The molecular weight excluding hydrogens is 416 g/mol. The Bertz CT molecular complexity index is 834. The molecule has 174 valence electrons. The van der Waals surface area contributed by atoms with Gasteiger partial charge >= 0.3 is 0 Å². The van der Waals surface area contributed by atoms with Crippen LogP contribution >= 0.6 is 0 Å². The highest BCUT2D eigenvalue weighted by Crippen LogP contribution is 2.40. The molecule has 3 rings (SSSR count). The zero-order chi connectivity index (χ0) is 22.4. The fourth-order valence-electron chi connectivity index (χ4n) is 4.62. The lowest BCUT2D eigenvalue weighted by atomic mass is 9.80. The molecule has 0 bridgehead atoms. The highest BCUT2D eigenvalue weighted by Gasteiger charge is 2.33. The summed E-state index contributed by atoms with van der Waals surface area (Å²) in [4.78, 5) is 10.7. The maximum absolute atomic E-state index is 12.2. The van der Waals surface area contributed by atoms with Crippen molar-refractivity contribution in [3.05, 3.63) is 29.3 Å². The first-order valence-corrected chi connectivity index (χ1v) is 12.9. The average Bonchev–Trinajstić information content (AvgIpc) is 3.17. The van der Waals surface area contributed by atoms with Crippen molar-refractivity contribution in [3.8, 4) is 5.75 Å². The molecule has 2 atom stereocenters. The minimum Gasteiger partial charge on any atom is -0.486 e. The third kappa shape index (κ3) is 6.28. The van der Waals surface area contributed by atoms with E-state index < -0.39 is 15.3 Å². The Labute approximate surface area is 186 Å². The molecule has 1 aliphatic heterocycles. The van der Waals surface area contributed by atoms with Gasteiger partial charge in [-0.25, -0.2) is 13.1 Å². The Balaban J connectivity index is 1.51. The van der Waals surface area contributed by atoms with E-state index in [9.17, 15) is 13.2 Å². The van der Waals surface area contributed by atoms with Crippen LogP contribution in [-0.4, -0.2) is 57.9 Å². The van der Waals surface area contributed by atoms with Gasteiger partial charge in [-0.05, 0) is 77.0 Å². The van der Waals surface area contributed by atoms with Gasteiger partial charge in [0.25, 0.3) is 0 Å². The molecule has 0 aromatic heterocycles. The van der Waals surface area contributed by atoms with Crippen LogP contribution in [-0.2, 0) is 19.6 Å². The molecule has 2 N–H and O–H groups in total. The monoisotopic (exact) mass is 452 g/mol. The number of hydrogen-bond donors (Lipinski definition) is 2. The van der Waals surface area contributed by atoms with E-state index >= 15 is 0 Å². The van der Waals surface area contributed by atoms with Gasteiger partial charge in [-0.3, -0.25) is 4.79 Å². The summed E-state index contributed by atoms with van der Waals surface area (Å²) < 4.78 is 39.2. The lowest BCUT2D eigenvalue weighted by Gasteiger charge is -2.32. The molecule has 0 spiro atoms. The molecule has 1 saturated heterocycles. The van der Waals surface area contributed by atoms with E-state index in [4.69, 9.17) is 9.47 Å². The fourth-order valence-corrected chi connectivity index (χ4v) is 5.59. The van der Waals surface area contributed by atoms with Gasteiger partial charge in [-0.1, -0.05) is 12.1 Å². The van der Waals surface area contributed by atoms with Crippen LogP contribution in [0.25, 0.3) is 0 Å². The van der Waals surface area contributed by atoms with Crippen LogP contribution in [0.15, 0.2) is 18.2 Å². The van der Waals surface area contributed by atoms with Crippen LogP contribution in [0.1, 0.15) is 63.0 Å². The number of carbonyl (C=O) groups excluding carboxylic acids is 1. The number of hydrogen-bond acceptors (Lipinski definition) is 6. The smallest absolute Gasteiger partial charge is 0.214 e. The first-order chi connectivity index (χ1) is 14.8. The Morgan fingerprint density at radius 1 is 1.19 bits per heavy atom. The Kier molecular flexibility index (Phi) is 8.50. The van der Waals surface area contributed by atoms with Crippen molar-refractivity contribution in [1.29, 1.82) is 0 Å². The van der Waals surface area contributed by atoms with Crippen molar-refractivity contribution in [3.63, 3.8) is 0 Å². The van der Waals surface area contributed by atoms with E-state index in [1.807, 2.05) is 12.1 Å². The predicted molar refractivity (Wildman–Crippen MR) is 121 cm³/mol. The van der Waals surface area contributed by atoms with Crippen molar-refractivity contribution in [2.45, 2.75) is 82.2 Å². The second kappa shape index (κ2) is 10.9. The summed E-state index contributed by atoms with van der Waals surface area (Å²) in [7, 11) is -3.29.